The Bertz CT molecular complexity index is 459. The number of nitrogens with zero attached hydrogens (tertiary/aromatic N) is 1. The number of piperazine rings is 1. The third kappa shape index (κ3) is 3.06. The minimum atomic E-state index is 0.322. The van der Waals surface area contributed by atoms with Crippen LogP contribution in [0.4, 0.5) is 0 Å². The number of fused-ring (bicyclic) bond motifs is 1. The van der Waals surface area contributed by atoms with Gasteiger partial charge >= 0.3 is 0 Å². The quantitative estimate of drug-likeness (QED) is 0.871. The topological polar surface area (TPSA) is 43.0 Å². The van der Waals surface area contributed by atoms with E-state index in [0.29, 0.717) is 13.4 Å². The second-order valence-corrected chi connectivity index (χ2v) is 5.25. The van der Waals surface area contributed by atoms with Crippen LogP contribution in [-0.4, -0.2) is 51.5 Å². The minimum Gasteiger partial charge on any atom is -0.454 e. The van der Waals surface area contributed by atoms with Crippen LogP contribution in [0.25, 0.3) is 0 Å². The van der Waals surface area contributed by atoms with E-state index < -0.39 is 0 Å². The Kier molecular flexibility index (Phi) is 4.40. The van der Waals surface area contributed by atoms with Gasteiger partial charge in [-0.15, -0.1) is 0 Å². The van der Waals surface area contributed by atoms with Crippen molar-refractivity contribution in [2.45, 2.75) is 13.0 Å². The summed E-state index contributed by atoms with van der Waals surface area (Å²) in [4.78, 5) is 2.50. The highest BCUT2D eigenvalue weighted by molar-refractivity contribution is 5.48. The first-order valence-corrected chi connectivity index (χ1v) is 7.20. The summed E-state index contributed by atoms with van der Waals surface area (Å²) in [7, 11) is 1.73. The monoisotopic (exact) mass is 278 g/mol. The smallest absolute Gasteiger partial charge is 0.231 e. The lowest BCUT2D eigenvalue weighted by molar-refractivity contribution is 0.173. The second-order valence-electron chi connectivity index (χ2n) is 5.25. The predicted molar refractivity (Wildman–Crippen MR) is 76.3 cm³/mol. The summed E-state index contributed by atoms with van der Waals surface area (Å²) >= 11 is 0. The van der Waals surface area contributed by atoms with Gasteiger partial charge in [0, 0.05) is 39.8 Å². The molecule has 5 nitrogen and oxygen atoms in total. The Balaban J connectivity index is 1.70. The van der Waals surface area contributed by atoms with E-state index in [4.69, 9.17) is 14.2 Å². The van der Waals surface area contributed by atoms with E-state index in [-0.39, 0.29) is 0 Å². The van der Waals surface area contributed by atoms with Gasteiger partial charge in [0.2, 0.25) is 6.79 Å². The van der Waals surface area contributed by atoms with Crippen molar-refractivity contribution in [3.63, 3.8) is 0 Å². The maximum Gasteiger partial charge on any atom is 0.231 e. The zero-order chi connectivity index (χ0) is 13.8. The van der Waals surface area contributed by atoms with Crippen LogP contribution in [0.3, 0.4) is 0 Å². The van der Waals surface area contributed by atoms with E-state index in [1.54, 1.807) is 7.11 Å². The lowest BCUT2D eigenvalue weighted by atomic mass is 10.0. The van der Waals surface area contributed by atoms with E-state index in [1.165, 1.54) is 11.1 Å². The molecule has 2 aliphatic rings. The molecular weight excluding hydrogens is 256 g/mol. The highest BCUT2D eigenvalue weighted by Gasteiger charge is 2.18. The summed E-state index contributed by atoms with van der Waals surface area (Å²) in [5.74, 6) is 1.70. The molecule has 0 unspecified atom stereocenters. The van der Waals surface area contributed by atoms with Crippen LogP contribution in [0.5, 0.6) is 11.5 Å². The second kappa shape index (κ2) is 6.43. The molecule has 1 fully saturated rings. The number of nitrogens with one attached hydrogen (secondary N) is 1. The standard InChI is InChI=1S/C15H22N2O3/c1-18-10-13-9-15-14(19-11-20-15)8-12(13)2-5-17-6-3-16-4-7-17/h8-9,16H,2-7,10-11H2,1H3. The molecule has 0 aromatic heterocycles. The van der Waals surface area contributed by atoms with Gasteiger partial charge in [0.1, 0.15) is 0 Å². The number of hydrogen-bond donors (Lipinski definition) is 1. The van der Waals surface area contributed by atoms with Crippen molar-refractivity contribution in [3.8, 4) is 11.5 Å². The van der Waals surface area contributed by atoms with E-state index in [1.807, 2.05) is 0 Å². The zero-order valence-corrected chi connectivity index (χ0v) is 12.0. The Morgan fingerprint density at radius 3 is 2.55 bits per heavy atom. The molecule has 1 aromatic rings. The van der Waals surface area contributed by atoms with Gasteiger partial charge in [-0.2, -0.15) is 0 Å². The van der Waals surface area contributed by atoms with Crippen LogP contribution in [0, 0.1) is 0 Å². The molecule has 1 N–H and O–H groups in total. The summed E-state index contributed by atoms with van der Waals surface area (Å²) in [6, 6.07) is 4.16. The normalized spacial score (nSPS) is 18.4. The van der Waals surface area contributed by atoms with Gasteiger partial charge in [-0.1, -0.05) is 0 Å². The van der Waals surface area contributed by atoms with Crippen molar-refractivity contribution in [3.05, 3.63) is 23.3 Å². The average molecular weight is 278 g/mol. The van der Waals surface area contributed by atoms with Gasteiger partial charge in [-0.05, 0) is 29.7 Å². The molecule has 20 heavy (non-hydrogen) atoms. The van der Waals surface area contributed by atoms with Crippen LogP contribution in [0.15, 0.2) is 12.1 Å². The van der Waals surface area contributed by atoms with Crippen LogP contribution in [0.1, 0.15) is 11.1 Å². The highest BCUT2D eigenvalue weighted by atomic mass is 16.7. The summed E-state index contributed by atoms with van der Waals surface area (Å²) in [5, 5.41) is 3.38. The van der Waals surface area contributed by atoms with Crippen LogP contribution in [-0.2, 0) is 17.8 Å². The first-order valence-electron chi connectivity index (χ1n) is 7.20. The SMILES string of the molecule is COCc1cc2c(cc1CCN1CCNCC1)OCO2. The minimum absolute atomic E-state index is 0.322. The maximum absolute atomic E-state index is 5.48. The fraction of sp³-hybridized carbons (Fsp3) is 0.600. The predicted octanol–water partition coefficient (Wildman–Crippen LogP) is 1.01. The molecule has 0 spiro atoms. The molecule has 0 radical (unpaired) electrons. The van der Waals surface area contributed by atoms with Crippen molar-refractivity contribution >= 4 is 0 Å². The number of benzene rings is 1. The van der Waals surface area contributed by atoms with Crippen molar-refractivity contribution < 1.29 is 14.2 Å². The lowest BCUT2D eigenvalue weighted by Crippen LogP contribution is -2.44. The van der Waals surface area contributed by atoms with Gasteiger partial charge in [0.05, 0.1) is 6.61 Å². The molecule has 0 saturated carbocycles. The maximum atomic E-state index is 5.48. The van der Waals surface area contributed by atoms with E-state index in [2.05, 4.69) is 22.3 Å². The summed E-state index contributed by atoms with van der Waals surface area (Å²) < 4.78 is 16.2. The average Bonchev–Trinajstić information content (AvgIpc) is 2.93. The summed E-state index contributed by atoms with van der Waals surface area (Å²) in [5.41, 5.74) is 2.50. The Morgan fingerprint density at radius 2 is 1.85 bits per heavy atom. The number of ether oxygens (including phenoxy) is 3. The number of rotatable bonds is 5. The van der Waals surface area contributed by atoms with Gasteiger partial charge < -0.3 is 24.4 Å². The van der Waals surface area contributed by atoms with Crippen molar-refractivity contribution in [2.24, 2.45) is 0 Å². The molecule has 1 aromatic carbocycles. The molecule has 2 aliphatic heterocycles. The van der Waals surface area contributed by atoms with E-state index in [0.717, 1.165) is 50.6 Å². The lowest BCUT2D eigenvalue weighted by Gasteiger charge is -2.27. The molecule has 110 valence electrons. The first-order chi connectivity index (χ1) is 9.86. The van der Waals surface area contributed by atoms with Crippen LogP contribution >= 0.6 is 0 Å². The highest BCUT2D eigenvalue weighted by Crippen LogP contribution is 2.35. The Morgan fingerprint density at radius 1 is 1.15 bits per heavy atom. The first kappa shape index (κ1) is 13.7. The molecule has 1 saturated heterocycles. The molecule has 0 aliphatic carbocycles. The van der Waals surface area contributed by atoms with Crippen LogP contribution in [0.2, 0.25) is 0 Å². The van der Waals surface area contributed by atoms with Gasteiger partial charge in [0.25, 0.3) is 0 Å². The van der Waals surface area contributed by atoms with Crippen molar-refractivity contribution in [1.29, 1.82) is 0 Å². The van der Waals surface area contributed by atoms with E-state index in [9.17, 15) is 0 Å². The van der Waals surface area contributed by atoms with Gasteiger partial charge in [-0.3, -0.25) is 0 Å². The molecule has 0 bridgehead atoms. The fourth-order valence-electron chi connectivity index (χ4n) is 2.76. The van der Waals surface area contributed by atoms with Gasteiger partial charge in [0.15, 0.2) is 11.5 Å². The van der Waals surface area contributed by atoms with E-state index >= 15 is 0 Å². The molecular formula is C15H22N2O3. The molecule has 3 rings (SSSR count). The summed E-state index contributed by atoms with van der Waals surface area (Å²) in [6.45, 7) is 6.46. The van der Waals surface area contributed by atoms with Crippen LogP contribution < -0.4 is 14.8 Å². The zero-order valence-electron chi connectivity index (χ0n) is 12.0. The third-order valence-electron chi connectivity index (χ3n) is 3.90. The fourth-order valence-corrected chi connectivity index (χ4v) is 2.76. The largest absolute Gasteiger partial charge is 0.454 e. The van der Waals surface area contributed by atoms with Gasteiger partial charge in [-0.25, -0.2) is 0 Å². The van der Waals surface area contributed by atoms with Crippen molar-refractivity contribution in [1.82, 2.24) is 10.2 Å². The molecule has 5 heteroatoms. The summed E-state index contributed by atoms with van der Waals surface area (Å²) in [6.07, 6.45) is 1.02. The number of hydrogen-bond acceptors (Lipinski definition) is 5. The third-order valence-corrected chi connectivity index (χ3v) is 3.90. The van der Waals surface area contributed by atoms with Crippen molar-refractivity contribution in [2.75, 3.05) is 46.6 Å². The number of methoxy groups -OCH3 is 1. The Labute approximate surface area is 119 Å². The molecule has 0 amide bonds. The Hall–Kier alpha value is -1.30. The molecule has 0 atom stereocenters. The molecule has 2 heterocycles.